The van der Waals surface area contributed by atoms with Crippen LogP contribution >= 0.6 is 0 Å². The lowest BCUT2D eigenvalue weighted by atomic mass is 10.0. The Kier molecular flexibility index (Phi) is 10.4. The maximum Gasteiger partial charge on any atom is 0.242 e. The van der Waals surface area contributed by atoms with Gasteiger partial charge in [-0.3, -0.25) is 4.79 Å². The Balaban J connectivity index is 1.41. The minimum atomic E-state index is -3.89. The second-order valence-electron chi connectivity index (χ2n) is 9.45. The first-order chi connectivity index (χ1) is 20.2. The topological polar surface area (TPSA) is 106 Å². The molecule has 8 nitrogen and oxygen atoms in total. The molecule has 4 aromatic rings. The van der Waals surface area contributed by atoms with E-state index in [2.05, 4.69) is 15.2 Å². The van der Waals surface area contributed by atoms with E-state index in [1.807, 2.05) is 19.9 Å². The van der Waals surface area contributed by atoms with E-state index < -0.39 is 22.0 Å². The molecule has 4 rings (SSSR count). The lowest BCUT2D eigenvalue weighted by molar-refractivity contribution is -0.121. The van der Waals surface area contributed by atoms with Crippen molar-refractivity contribution in [3.05, 3.63) is 125 Å². The number of carbonyl (C=O) groups excluding carboxylic acids is 1. The van der Waals surface area contributed by atoms with Crippen LogP contribution in [-0.4, -0.2) is 27.1 Å². The Bertz CT molecular complexity index is 1630. The summed E-state index contributed by atoms with van der Waals surface area (Å²) in [5.41, 5.74) is 5.36. The van der Waals surface area contributed by atoms with E-state index in [-0.39, 0.29) is 23.7 Å². The van der Waals surface area contributed by atoms with Gasteiger partial charge in [0.05, 0.1) is 23.8 Å². The van der Waals surface area contributed by atoms with E-state index in [0.717, 1.165) is 5.56 Å². The van der Waals surface area contributed by atoms with E-state index in [9.17, 15) is 17.6 Å². The Hall–Kier alpha value is -4.54. The summed E-state index contributed by atoms with van der Waals surface area (Å²) >= 11 is 0. The standard InChI is InChI=1S/C32H32FN3O5S/c1-3-40-31-19-24(14-17-30(31)41-22-25-8-7-11-27(33)18-25)21-34-35-32(37)20-29(26-9-5-4-6-10-26)36-42(38,39)28-15-12-23(2)13-16-28/h4-19,21,29,36H,3,20,22H2,1-2H3,(H,35,37)/b34-21-/t29-/m0/s1. The number of halogens is 1. The SMILES string of the molecule is CCOc1cc(/C=N\NC(=O)C[C@H](NS(=O)(=O)c2ccc(C)cc2)c2ccccc2)ccc1OCc1cccc(F)c1. The second kappa shape index (κ2) is 14.4. The monoisotopic (exact) mass is 589 g/mol. The average molecular weight is 590 g/mol. The van der Waals surface area contributed by atoms with Crippen molar-refractivity contribution in [2.75, 3.05) is 6.61 Å². The summed E-state index contributed by atoms with van der Waals surface area (Å²) in [6.45, 7) is 4.27. The zero-order valence-electron chi connectivity index (χ0n) is 23.3. The number of nitrogens with one attached hydrogen (secondary N) is 2. The number of benzene rings is 4. The van der Waals surface area contributed by atoms with Crippen molar-refractivity contribution in [2.24, 2.45) is 5.10 Å². The normalized spacial score (nSPS) is 12.2. The molecule has 0 radical (unpaired) electrons. The number of rotatable bonds is 13. The summed E-state index contributed by atoms with van der Waals surface area (Å²) in [5, 5.41) is 4.05. The van der Waals surface area contributed by atoms with Crippen LogP contribution in [0.25, 0.3) is 0 Å². The number of amides is 1. The first-order valence-corrected chi connectivity index (χ1v) is 14.8. The number of ether oxygens (including phenoxy) is 2. The summed E-state index contributed by atoms with van der Waals surface area (Å²) in [7, 11) is -3.89. The van der Waals surface area contributed by atoms with E-state index >= 15 is 0 Å². The van der Waals surface area contributed by atoms with Crippen LogP contribution in [-0.2, 0) is 21.4 Å². The highest BCUT2D eigenvalue weighted by molar-refractivity contribution is 7.89. The number of carbonyl (C=O) groups is 1. The van der Waals surface area contributed by atoms with Crippen molar-refractivity contribution in [3.8, 4) is 11.5 Å². The third-order valence-corrected chi connectivity index (χ3v) is 7.66. The molecule has 10 heteroatoms. The molecular formula is C32H32FN3O5S. The van der Waals surface area contributed by atoms with Gasteiger partial charge in [0, 0.05) is 6.42 Å². The number of nitrogens with zero attached hydrogens (tertiary/aromatic N) is 1. The summed E-state index contributed by atoms with van der Waals surface area (Å²) in [5.74, 6) is 0.132. The zero-order valence-corrected chi connectivity index (χ0v) is 24.1. The Morgan fingerprint density at radius 2 is 1.69 bits per heavy atom. The highest BCUT2D eigenvalue weighted by atomic mass is 32.2. The molecule has 4 aromatic carbocycles. The molecule has 1 amide bonds. The average Bonchev–Trinajstić information content (AvgIpc) is 2.97. The van der Waals surface area contributed by atoms with Gasteiger partial charge in [-0.1, -0.05) is 60.2 Å². The Morgan fingerprint density at radius 1 is 0.929 bits per heavy atom. The fraction of sp³-hybridized carbons (Fsp3) is 0.188. The van der Waals surface area contributed by atoms with Gasteiger partial charge in [-0.15, -0.1) is 0 Å². The lowest BCUT2D eigenvalue weighted by Gasteiger charge is -2.18. The predicted octanol–water partition coefficient (Wildman–Crippen LogP) is 5.67. The van der Waals surface area contributed by atoms with Crippen LogP contribution in [0.3, 0.4) is 0 Å². The van der Waals surface area contributed by atoms with Crippen molar-refractivity contribution < 1.29 is 27.1 Å². The maximum atomic E-state index is 13.5. The van der Waals surface area contributed by atoms with Gasteiger partial charge >= 0.3 is 0 Å². The van der Waals surface area contributed by atoms with Gasteiger partial charge in [0.25, 0.3) is 0 Å². The minimum absolute atomic E-state index is 0.112. The van der Waals surface area contributed by atoms with Crippen LogP contribution in [0.5, 0.6) is 11.5 Å². The zero-order chi connectivity index (χ0) is 30.0. The molecule has 0 aliphatic heterocycles. The second-order valence-corrected chi connectivity index (χ2v) is 11.2. The first-order valence-electron chi connectivity index (χ1n) is 13.3. The molecule has 0 bridgehead atoms. The van der Waals surface area contributed by atoms with Gasteiger partial charge in [-0.2, -0.15) is 5.10 Å². The molecule has 0 aliphatic carbocycles. The summed E-state index contributed by atoms with van der Waals surface area (Å²) in [4.78, 5) is 12.9. The molecule has 0 aliphatic rings. The van der Waals surface area contributed by atoms with E-state index in [4.69, 9.17) is 9.47 Å². The highest BCUT2D eigenvalue weighted by Gasteiger charge is 2.23. The van der Waals surface area contributed by atoms with Crippen molar-refractivity contribution >= 4 is 22.1 Å². The van der Waals surface area contributed by atoms with Gasteiger partial charge in [0.2, 0.25) is 15.9 Å². The number of sulfonamides is 1. The molecule has 0 saturated carbocycles. The molecule has 218 valence electrons. The molecule has 0 saturated heterocycles. The third-order valence-electron chi connectivity index (χ3n) is 6.17. The van der Waals surface area contributed by atoms with E-state index in [1.165, 1.54) is 30.5 Å². The van der Waals surface area contributed by atoms with Gasteiger partial charge in [0.1, 0.15) is 12.4 Å². The molecule has 42 heavy (non-hydrogen) atoms. The summed E-state index contributed by atoms with van der Waals surface area (Å²) < 4.78 is 53.8. The fourth-order valence-corrected chi connectivity index (χ4v) is 5.30. The summed E-state index contributed by atoms with van der Waals surface area (Å²) in [6, 6.07) is 25.9. The number of hydrogen-bond donors (Lipinski definition) is 2. The molecule has 0 fully saturated rings. The van der Waals surface area contributed by atoms with Crippen LogP contribution in [0.15, 0.2) is 107 Å². The predicted molar refractivity (Wildman–Crippen MR) is 159 cm³/mol. The van der Waals surface area contributed by atoms with E-state index in [0.29, 0.717) is 34.8 Å². The van der Waals surface area contributed by atoms with Crippen LogP contribution in [0, 0.1) is 12.7 Å². The molecule has 0 unspecified atom stereocenters. The molecule has 1 atom stereocenters. The molecule has 2 N–H and O–H groups in total. The van der Waals surface area contributed by atoms with Gasteiger partial charge in [-0.25, -0.2) is 23.0 Å². The van der Waals surface area contributed by atoms with Crippen LogP contribution in [0.2, 0.25) is 0 Å². The van der Waals surface area contributed by atoms with Gasteiger partial charge in [-0.05, 0) is 73.0 Å². The number of hydrogen-bond acceptors (Lipinski definition) is 6. The third kappa shape index (κ3) is 8.73. The minimum Gasteiger partial charge on any atom is -0.490 e. The van der Waals surface area contributed by atoms with Gasteiger partial charge in [0.15, 0.2) is 11.5 Å². The van der Waals surface area contributed by atoms with Crippen LogP contribution in [0.4, 0.5) is 4.39 Å². The molecular weight excluding hydrogens is 557 g/mol. The molecule has 0 heterocycles. The quantitative estimate of drug-likeness (QED) is 0.154. The smallest absolute Gasteiger partial charge is 0.242 e. The molecule has 0 spiro atoms. The number of hydrazone groups is 1. The fourth-order valence-electron chi connectivity index (χ4n) is 4.08. The Morgan fingerprint density at radius 3 is 2.40 bits per heavy atom. The van der Waals surface area contributed by atoms with Crippen molar-refractivity contribution in [1.82, 2.24) is 10.1 Å². The van der Waals surface area contributed by atoms with Crippen LogP contribution < -0.4 is 19.6 Å². The molecule has 0 aromatic heterocycles. The number of aryl methyl sites for hydroxylation is 1. The highest BCUT2D eigenvalue weighted by Crippen LogP contribution is 2.29. The van der Waals surface area contributed by atoms with Crippen LogP contribution in [0.1, 0.15) is 41.6 Å². The Labute approximate surface area is 245 Å². The van der Waals surface area contributed by atoms with Gasteiger partial charge < -0.3 is 9.47 Å². The van der Waals surface area contributed by atoms with Crippen molar-refractivity contribution in [1.29, 1.82) is 0 Å². The van der Waals surface area contributed by atoms with E-state index in [1.54, 1.807) is 66.7 Å². The van der Waals surface area contributed by atoms with Crippen molar-refractivity contribution in [3.63, 3.8) is 0 Å². The van der Waals surface area contributed by atoms with Crippen molar-refractivity contribution in [2.45, 2.75) is 37.8 Å². The lowest BCUT2D eigenvalue weighted by Crippen LogP contribution is -2.32. The largest absolute Gasteiger partial charge is 0.490 e. The summed E-state index contributed by atoms with van der Waals surface area (Å²) in [6.07, 6.45) is 1.27. The first kappa shape index (κ1) is 30.4. The maximum absolute atomic E-state index is 13.5.